The zero-order valence-corrected chi connectivity index (χ0v) is 13.7. The number of aromatic nitrogens is 2. The van der Waals surface area contributed by atoms with Crippen molar-refractivity contribution in [2.75, 3.05) is 0 Å². The van der Waals surface area contributed by atoms with Crippen LogP contribution < -0.4 is 0 Å². The summed E-state index contributed by atoms with van der Waals surface area (Å²) in [7, 11) is 0. The molecule has 0 spiro atoms. The van der Waals surface area contributed by atoms with E-state index in [1.54, 1.807) is 0 Å². The van der Waals surface area contributed by atoms with Crippen molar-refractivity contribution in [2.24, 2.45) is 0 Å². The van der Waals surface area contributed by atoms with Gasteiger partial charge in [-0.3, -0.25) is 4.57 Å². The first-order valence-corrected chi connectivity index (χ1v) is 7.95. The highest BCUT2D eigenvalue weighted by Gasteiger charge is 2.15. The molecule has 21 heavy (non-hydrogen) atoms. The van der Waals surface area contributed by atoms with Crippen LogP contribution in [0.4, 0.5) is 0 Å². The minimum atomic E-state index is 1.03. The predicted octanol–water partition coefficient (Wildman–Crippen LogP) is 5.09. The number of pyridine rings is 1. The summed E-state index contributed by atoms with van der Waals surface area (Å²) in [5.74, 6) is 0. The Kier molecular flexibility index (Phi) is 2.96. The Balaban J connectivity index is 2.16. The van der Waals surface area contributed by atoms with Crippen molar-refractivity contribution in [1.82, 2.24) is 9.55 Å². The molecule has 0 N–H and O–H groups in total. The van der Waals surface area contributed by atoms with Crippen LogP contribution >= 0.6 is 22.6 Å². The van der Waals surface area contributed by atoms with Crippen LogP contribution in [0.2, 0.25) is 0 Å². The fourth-order valence-electron chi connectivity index (χ4n) is 2.74. The van der Waals surface area contributed by atoms with E-state index in [4.69, 9.17) is 4.98 Å². The number of hydrogen-bond acceptors (Lipinski definition) is 1. The van der Waals surface area contributed by atoms with Crippen LogP contribution in [0, 0.1) is 10.6 Å². The summed E-state index contributed by atoms with van der Waals surface area (Å²) in [4.78, 5) is 4.89. The highest BCUT2D eigenvalue weighted by molar-refractivity contribution is 14.1. The molecule has 2 heterocycles. The smallest absolute Gasteiger partial charge is 0.146 e. The van der Waals surface area contributed by atoms with Gasteiger partial charge in [0.15, 0.2) is 0 Å². The maximum atomic E-state index is 4.89. The number of aryl methyl sites for hydroxylation is 1. The van der Waals surface area contributed by atoms with Gasteiger partial charge in [0.2, 0.25) is 0 Å². The van der Waals surface area contributed by atoms with E-state index in [1.165, 1.54) is 20.0 Å². The molecular formula is C18H13IN2. The molecule has 0 aliphatic rings. The molecule has 0 radical (unpaired) electrons. The maximum absolute atomic E-state index is 4.89. The van der Waals surface area contributed by atoms with Crippen molar-refractivity contribution >= 4 is 44.5 Å². The van der Waals surface area contributed by atoms with Crippen molar-refractivity contribution in [2.45, 2.75) is 6.92 Å². The molecule has 3 heteroatoms. The van der Waals surface area contributed by atoms with E-state index in [0.717, 1.165) is 16.9 Å². The number of nitrogens with zero attached hydrogens (tertiary/aromatic N) is 2. The van der Waals surface area contributed by atoms with E-state index in [1.807, 2.05) is 12.1 Å². The largest absolute Gasteiger partial charge is 0.289 e. The minimum Gasteiger partial charge on any atom is -0.289 e. The first-order valence-electron chi connectivity index (χ1n) is 6.87. The summed E-state index contributed by atoms with van der Waals surface area (Å²) in [6.45, 7) is 2.17. The Morgan fingerprint density at radius 2 is 1.67 bits per heavy atom. The van der Waals surface area contributed by atoms with Gasteiger partial charge in [-0.2, -0.15) is 0 Å². The van der Waals surface area contributed by atoms with Crippen LogP contribution in [-0.4, -0.2) is 9.55 Å². The third kappa shape index (κ3) is 1.95. The van der Waals surface area contributed by atoms with Crippen molar-refractivity contribution in [3.63, 3.8) is 0 Å². The van der Waals surface area contributed by atoms with Gasteiger partial charge in [0.25, 0.3) is 0 Å². The number of halogens is 1. The number of hydrogen-bond donors (Lipinski definition) is 0. The van der Waals surface area contributed by atoms with Gasteiger partial charge in [0.1, 0.15) is 5.65 Å². The number of benzene rings is 2. The number of rotatable bonds is 1. The molecule has 4 rings (SSSR count). The van der Waals surface area contributed by atoms with Crippen molar-refractivity contribution in [1.29, 1.82) is 0 Å². The molecule has 0 unspecified atom stereocenters. The summed E-state index contributed by atoms with van der Waals surface area (Å²) in [6.07, 6.45) is 0. The molecule has 0 bridgehead atoms. The third-order valence-electron chi connectivity index (χ3n) is 3.84. The van der Waals surface area contributed by atoms with E-state index >= 15 is 0 Å². The molecule has 2 nitrogen and oxygen atoms in total. The van der Waals surface area contributed by atoms with E-state index < -0.39 is 0 Å². The lowest BCUT2D eigenvalue weighted by atomic mass is 10.1. The average Bonchev–Trinajstić information content (AvgIpc) is 2.77. The molecule has 0 aliphatic heterocycles. The second-order valence-corrected chi connectivity index (χ2v) is 6.16. The van der Waals surface area contributed by atoms with Gasteiger partial charge < -0.3 is 0 Å². The molecule has 0 atom stereocenters. The Labute approximate surface area is 136 Å². The molecule has 2 aromatic heterocycles. The summed E-state index contributed by atoms with van der Waals surface area (Å²) in [5, 5.41) is 2.41. The fraction of sp³-hybridized carbons (Fsp3) is 0.0556. The monoisotopic (exact) mass is 384 g/mol. The summed E-state index contributed by atoms with van der Waals surface area (Å²) in [5.41, 5.74) is 4.51. The average molecular weight is 384 g/mol. The second-order valence-electron chi connectivity index (χ2n) is 5.14. The van der Waals surface area contributed by atoms with Crippen molar-refractivity contribution in [3.8, 4) is 5.69 Å². The topological polar surface area (TPSA) is 17.8 Å². The van der Waals surface area contributed by atoms with Crippen LogP contribution in [-0.2, 0) is 0 Å². The summed E-state index contributed by atoms with van der Waals surface area (Å²) < 4.78 is 3.45. The highest BCUT2D eigenvalue weighted by atomic mass is 127. The molecular weight excluding hydrogens is 371 g/mol. The third-order valence-corrected chi connectivity index (χ3v) is 5.13. The first-order chi connectivity index (χ1) is 10.3. The molecule has 0 saturated heterocycles. The van der Waals surface area contributed by atoms with Gasteiger partial charge in [0, 0.05) is 16.5 Å². The van der Waals surface area contributed by atoms with Crippen LogP contribution in [0.5, 0.6) is 0 Å². The lowest BCUT2D eigenvalue weighted by Gasteiger charge is -2.07. The predicted molar refractivity (Wildman–Crippen MR) is 96.0 cm³/mol. The molecule has 4 aromatic rings. The van der Waals surface area contributed by atoms with Crippen molar-refractivity contribution in [3.05, 3.63) is 69.9 Å². The number of fused-ring (bicyclic) bond motifs is 2. The zero-order chi connectivity index (χ0) is 14.4. The van der Waals surface area contributed by atoms with Gasteiger partial charge in [-0.1, -0.05) is 36.4 Å². The Morgan fingerprint density at radius 1 is 0.952 bits per heavy atom. The Bertz CT molecular complexity index is 955. The molecule has 2 aromatic carbocycles. The van der Waals surface area contributed by atoms with Gasteiger partial charge >= 0.3 is 0 Å². The zero-order valence-electron chi connectivity index (χ0n) is 11.5. The van der Waals surface area contributed by atoms with E-state index in [0.29, 0.717) is 0 Å². The maximum Gasteiger partial charge on any atom is 0.146 e. The molecule has 0 amide bonds. The standard InChI is InChI=1S/C18H13IN2/c1-12-15-11-13-7-5-6-10-16(13)20-18(15)21(17(12)19)14-8-3-2-4-9-14/h2-11H,1H3. The van der Waals surface area contributed by atoms with Crippen LogP contribution in [0.15, 0.2) is 60.7 Å². The second kappa shape index (κ2) is 4.84. The van der Waals surface area contributed by atoms with E-state index in [2.05, 4.69) is 82.6 Å². The van der Waals surface area contributed by atoms with E-state index in [9.17, 15) is 0 Å². The fourth-order valence-corrected chi connectivity index (χ4v) is 3.53. The molecule has 102 valence electrons. The normalized spacial score (nSPS) is 11.3. The van der Waals surface area contributed by atoms with Crippen LogP contribution in [0.25, 0.3) is 27.6 Å². The quantitative estimate of drug-likeness (QED) is 0.418. The summed E-state index contributed by atoms with van der Waals surface area (Å²) >= 11 is 2.41. The van der Waals surface area contributed by atoms with Crippen LogP contribution in [0.3, 0.4) is 0 Å². The minimum absolute atomic E-state index is 1.03. The molecule has 0 saturated carbocycles. The lowest BCUT2D eigenvalue weighted by Crippen LogP contribution is -1.97. The molecule has 0 aliphatic carbocycles. The van der Waals surface area contributed by atoms with E-state index in [-0.39, 0.29) is 0 Å². The van der Waals surface area contributed by atoms with Crippen molar-refractivity contribution < 1.29 is 0 Å². The SMILES string of the molecule is Cc1c(I)n(-c2ccccc2)c2nc3ccccc3cc12. The summed E-state index contributed by atoms with van der Waals surface area (Å²) in [6, 6.07) is 20.9. The lowest BCUT2D eigenvalue weighted by molar-refractivity contribution is 1.06. The Hall–Kier alpha value is -1.88. The first kappa shape index (κ1) is 12.8. The van der Waals surface area contributed by atoms with Gasteiger partial charge in [-0.05, 0) is 59.3 Å². The Morgan fingerprint density at radius 3 is 2.48 bits per heavy atom. The number of para-hydroxylation sites is 2. The van der Waals surface area contributed by atoms with Gasteiger partial charge in [-0.25, -0.2) is 4.98 Å². The van der Waals surface area contributed by atoms with Gasteiger partial charge in [0.05, 0.1) is 9.22 Å². The highest BCUT2D eigenvalue weighted by Crippen LogP contribution is 2.31. The van der Waals surface area contributed by atoms with Gasteiger partial charge in [-0.15, -0.1) is 0 Å². The van der Waals surface area contributed by atoms with Crippen LogP contribution in [0.1, 0.15) is 5.56 Å². The molecule has 0 fully saturated rings.